The maximum Gasteiger partial charge on any atom is 0.256 e. The number of ether oxygens (including phenoxy) is 2. The number of amides is 1. The van der Waals surface area contributed by atoms with E-state index >= 15 is 0 Å². The molecule has 4 rings (SSSR count). The zero-order valence-corrected chi connectivity index (χ0v) is 18.8. The quantitative estimate of drug-likeness (QED) is 0.447. The van der Waals surface area contributed by atoms with Gasteiger partial charge in [0.15, 0.2) is 11.5 Å². The summed E-state index contributed by atoms with van der Waals surface area (Å²) in [6.45, 7) is 4.99. The number of hydrogen-bond donors (Lipinski definition) is 1. The van der Waals surface area contributed by atoms with Crippen molar-refractivity contribution in [3.8, 4) is 11.5 Å². The molecule has 6 heteroatoms. The summed E-state index contributed by atoms with van der Waals surface area (Å²) < 4.78 is 10.8. The summed E-state index contributed by atoms with van der Waals surface area (Å²) >= 11 is 0. The molecule has 0 aliphatic carbocycles. The van der Waals surface area contributed by atoms with Crippen molar-refractivity contribution in [2.45, 2.75) is 26.9 Å². The molecule has 2 aromatic carbocycles. The van der Waals surface area contributed by atoms with Gasteiger partial charge in [-0.05, 0) is 60.9 Å². The number of carbonyl (C=O) groups is 1. The molecule has 32 heavy (non-hydrogen) atoms. The average Bonchev–Trinajstić information content (AvgIpc) is 3.12. The smallest absolute Gasteiger partial charge is 0.256 e. The van der Waals surface area contributed by atoms with Crippen molar-refractivity contribution in [1.82, 2.24) is 14.9 Å². The lowest BCUT2D eigenvalue weighted by Gasteiger charge is -2.24. The minimum atomic E-state index is -0.0385. The van der Waals surface area contributed by atoms with E-state index < -0.39 is 0 Å². The molecular formula is C26H27N3O3. The summed E-state index contributed by atoms with van der Waals surface area (Å²) in [6.07, 6.45) is 3.49. The van der Waals surface area contributed by atoms with Crippen molar-refractivity contribution in [2.75, 3.05) is 14.2 Å². The van der Waals surface area contributed by atoms with Crippen molar-refractivity contribution in [3.63, 3.8) is 0 Å². The van der Waals surface area contributed by atoms with Gasteiger partial charge in [-0.2, -0.15) is 0 Å². The van der Waals surface area contributed by atoms with Crippen LogP contribution in [0.15, 0.2) is 60.9 Å². The highest BCUT2D eigenvalue weighted by Gasteiger charge is 2.21. The Balaban J connectivity index is 1.73. The summed E-state index contributed by atoms with van der Waals surface area (Å²) in [7, 11) is 3.22. The Kier molecular flexibility index (Phi) is 6.12. The SMILES string of the molecule is COc1ccc(CN(Cc2ccncc2)C(=O)c2cccc3c(C)c(C)[nH]c23)cc1OC. The fraction of sp³-hybridized carbons (Fsp3) is 0.231. The van der Waals surface area contributed by atoms with E-state index in [1.54, 1.807) is 26.6 Å². The number of nitrogens with zero attached hydrogens (tertiary/aromatic N) is 2. The van der Waals surface area contributed by atoms with E-state index in [9.17, 15) is 4.79 Å². The van der Waals surface area contributed by atoms with Gasteiger partial charge in [-0.1, -0.05) is 18.2 Å². The highest BCUT2D eigenvalue weighted by molar-refractivity contribution is 6.06. The van der Waals surface area contributed by atoms with Gasteiger partial charge in [0.1, 0.15) is 0 Å². The van der Waals surface area contributed by atoms with Crippen LogP contribution in [0.5, 0.6) is 11.5 Å². The molecule has 0 fully saturated rings. The second-order valence-corrected chi connectivity index (χ2v) is 7.81. The lowest BCUT2D eigenvalue weighted by atomic mass is 10.1. The number of fused-ring (bicyclic) bond motifs is 1. The summed E-state index contributed by atoms with van der Waals surface area (Å²) in [4.78, 5) is 23.1. The van der Waals surface area contributed by atoms with E-state index in [4.69, 9.17) is 9.47 Å². The topological polar surface area (TPSA) is 67.5 Å². The third-order valence-corrected chi connectivity index (χ3v) is 5.81. The number of rotatable bonds is 7. The van der Waals surface area contributed by atoms with Crippen LogP contribution < -0.4 is 9.47 Å². The van der Waals surface area contributed by atoms with Crippen LogP contribution in [-0.2, 0) is 13.1 Å². The van der Waals surface area contributed by atoms with Gasteiger partial charge >= 0.3 is 0 Å². The number of carbonyl (C=O) groups excluding carboxylic acids is 1. The maximum atomic E-state index is 13.8. The van der Waals surface area contributed by atoms with Gasteiger partial charge in [0.25, 0.3) is 5.91 Å². The minimum absolute atomic E-state index is 0.0385. The fourth-order valence-electron chi connectivity index (χ4n) is 3.94. The van der Waals surface area contributed by atoms with Gasteiger partial charge in [0, 0.05) is 36.6 Å². The molecule has 0 aliphatic heterocycles. The second-order valence-electron chi connectivity index (χ2n) is 7.81. The number of pyridine rings is 1. The Morgan fingerprint density at radius 3 is 2.38 bits per heavy atom. The van der Waals surface area contributed by atoms with Crippen molar-refractivity contribution in [2.24, 2.45) is 0 Å². The summed E-state index contributed by atoms with van der Waals surface area (Å²) in [5, 5.41) is 1.07. The van der Waals surface area contributed by atoms with Crippen LogP contribution in [0.4, 0.5) is 0 Å². The lowest BCUT2D eigenvalue weighted by Crippen LogP contribution is -2.30. The van der Waals surface area contributed by atoms with Crippen LogP contribution >= 0.6 is 0 Å². The average molecular weight is 430 g/mol. The molecule has 1 N–H and O–H groups in total. The highest BCUT2D eigenvalue weighted by Crippen LogP contribution is 2.29. The Labute approximate surface area is 187 Å². The van der Waals surface area contributed by atoms with Gasteiger partial charge in [0.05, 0.1) is 25.3 Å². The van der Waals surface area contributed by atoms with Gasteiger partial charge in [-0.15, -0.1) is 0 Å². The van der Waals surface area contributed by atoms with E-state index in [0.717, 1.165) is 33.3 Å². The molecule has 2 aromatic heterocycles. The van der Waals surface area contributed by atoms with Crippen LogP contribution in [0.3, 0.4) is 0 Å². The number of aromatic amines is 1. The first-order chi connectivity index (χ1) is 15.5. The Hall–Kier alpha value is -3.80. The number of para-hydroxylation sites is 1. The van der Waals surface area contributed by atoms with Crippen molar-refractivity contribution in [3.05, 3.63) is 88.9 Å². The predicted molar refractivity (Wildman–Crippen MR) is 125 cm³/mol. The van der Waals surface area contributed by atoms with Crippen LogP contribution in [-0.4, -0.2) is 35.0 Å². The number of aryl methyl sites for hydroxylation is 2. The molecule has 164 valence electrons. The van der Waals surface area contributed by atoms with Gasteiger partial charge in [0.2, 0.25) is 0 Å². The number of hydrogen-bond acceptors (Lipinski definition) is 4. The summed E-state index contributed by atoms with van der Waals surface area (Å²) in [5.41, 5.74) is 5.74. The van der Waals surface area contributed by atoms with E-state index in [1.807, 2.05) is 60.4 Å². The number of benzene rings is 2. The lowest BCUT2D eigenvalue weighted by molar-refractivity contribution is 0.0731. The van der Waals surface area contributed by atoms with Gasteiger partial charge in [-0.3, -0.25) is 9.78 Å². The molecule has 0 atom stereocenters. The molecule has 1 amide bonds. The van der Waals surface area contributed by atoms with Crippen LogP contribution in [0.25, 0.3) is 10.9 Å². The normalized spacial score (nSPS) is 10.9. The molecule has 0 spiro atoms. The first kappa shape index (κ1) is 21.4. The van der Waals surface area contributed by atoms with E-state index in [2.05, 4.69) is 16.9 Å². The number of H-pyrrole nitrogens is 1. The molecule has 0 saturated heterocycles. The monoisotopic (exact) mass is 429 g/mol. The first-order valence-corrected chi connectivity index (χ1v) is 10.5. The zero-order chi connectivity index (χ0) is 22.7. The summed E-state index contributed by atoms with van der Waals surface area (Å²) in [5.74, 6) is 1.26. The minimum Gasteiger partial charge on any atom is -0.493 e. The third-order valence-electron chi connectivity index (χ3n) is 5.81. The molecule has 0 radical (unpaired) electrons. The van der Waals surface area contributed by atoms with Gasteiger partial charge in [-0.25, -0.2) is 0 Å². The second kappa shape index (κ2) is 9.14. The molecule has 0 unspecified atom stereocenters. The third kappa shape index (κ3) is 4.17. The fourth-order valence-corrected chi connectivity index (χ4v) is 3.94. The molecule has 2 heterocycles. The largest absolute Gasteiger partial charge is 0.493 e. The standard InChI is InChI=1S/C26H27N3O3/c1-17-18(2)28-25-21(17)6-5-7-22(25)26(30)29(15-19-10-12-27-13-11-19)16-20-8-9-23(31-3)24(14-20)32-4/h5-14,28H,15-16H2,1-4H3. The Bertz CT molecular complexity index is 1250. The van der Waals surface area contributed by atoms with Crippen LogP contribution in [0, 0.1) is 13.8 Å². The zero-order valence-electron chi connectivity index (χ0n) is 18.8. The Morgan fingerprint density at radius 2 is 1.66 bits per heavy atom. The molecule has 6 nitrogen and oxygen atoms in total. The first-order valence-electron chi connectivity index (χ1n) is 10.5. The van der Waals surface area contributed by atoms with E-state index in [-0.39, 0.29) is 5.91 Å². The van der Waals surface area contributed by atoms with E-state index in [1.165, 1.54) is 0 Å². The molecule has 0 bridgehead atoms. The molecule has 0 aliphatic rings. The van der Waals surface area contributed by atoms with Crippen LogP contribution in [0.1, 0.15) is 32.7 Å². The molecular weight excluding hydrogens is 402 g/mol. The predicted octanol–water partition coefficient (Wildman–Crippen LogP) is 5.04. The summed E-state index contributed by atoms with van der Waals surface area (Å²) in [6, 6.07) is 15.5. The van der Waals surface area contributed by atoms with E-state index in [0.29, 0.717) is 30.2 Å². The van der Waals surface area contributed by atoms with Crippen molar-refractivity contribution >= 4 is 16.8 Å². The highest BCUT2D eigenvalue weighted by atomic mass is 16.5. The Morgan fingerprint density at radius 1 is 0.938 bits per heavy atom. The number of methoxy groups -OCH3 is 2. The number of aromatic nitrogens is 2. The van der Waals surface area contributed by atoms with Gasteiger partial charge < -0.3 is 19.4 Å². The maximum absolute atomic E-state index is 13.8. The van der Waals surface area contributed by atoms with Crippen LogP contribution in [0.2, 0.25) is 0 Å². The number of nitrogens with one attached hydrogen (secondary N) is 1. The van der Waals surface area contributed by atoms with Crippen molar-refractivity contribution < 1.29 is 14.3 Å². The molecule has 0 saturated carbocycles. The molecule has 4 aromatic rings. The van der Waals surface area contributed by atoms with Crippen molar-refractivity contribution in [1.29, 1.82) is 0 Å².